The lowest BCUT2D eigenvalue weighted by atomic mass is 10.2. The number of thioether (sulfide) groups is 1. The molecule has 0 heterocycles. The van der Waals surface area contributed by atoms with E-state index in [0.717, 1.165) is 5.75 Å². The van der Waals surface area contributed by atoms with Crippen LogP contribution < -0.4 is 15.4 Å². The zero-order chi connectivity index (χ0) is 15.7. The highest BCUT2D eigenvalue weighted by Crippen LogP contribution is 2.17. The Morgan fingerprint density at radius 1 is 1.43 bits per heavy atom. The second kappa shape index (κ2) is 9.12. The molecular weight excluding hydrogens is 292 g/mol. The summed E-state index contributed by atoms with van der Waals surface area (Å²) in [6, 6.07) is 6.31. The van der Waals surface area contributed by atoms with Gasteiger partial charge in [0.1, 0.15) is 5.75 Å². The minimum absolute atomic E-state index is 0.293. The molecule has 1 aromatic rings. The summed E-state index contributed by atoms with van der Waals surface area (Å²) in [4.78, 5) is 22.2. The predicted octanol–water partition coefficient (Wildman–Crippen LogP) is 2.27. The van der Waals surface area contributed by atoms with Crippen molar-refractivity contribution in [3.63, 3.8) is 0 Å². The number of ether oxygens (including phenoxy) is 1. The van der Waals surface area contributed by atoms with E-state index >= 15 is 0 Å². The van der Waals surface area contributed by atoms with Crippen molar-refractivity contribution >= 4 is 29.4 Å². The summed E-state index contributed by atoms with van der Waals surface area (Å²) in [5, 5.41) is 14.0. The van der Waals surface area contributed by atoms with Crippen LogP contribution in [0.5, 0.6) is 5.75 Å². The molecule has 0 spiro atoms. The average Bonchev–Trinajstić information content (AvgIpc) is 2.44. The molecule has 7 heteroatoms. The van der Waals surface area contributed by atoms with Crippen LogP contribution in [0.15, 0.2) is 24.3 Å². The fourth-order valence-corrected chi connectivity index (χ4v) is 2.28. The highest BCUT2D eigenvalue weighted by Gasteiger charge is 2.06. The van der Waals surface area contributed by atoms with Gasteiger partial charge in [-0.05, 0) is 30.1 Å². The maximum Gasteiger partial charge on any atom is 0.341 e. The highest BCUT2D eigenvalue weighted by molar-refractivity contribution is 7.98. The third kappa shape index (κ3) is 7.45. The summed E-state index contributed by atoms with van der Waals surface area (Å²) in [5.74, 6) is 0.731. The van der Waals surface area contributed by atoms with E-state index in [1.807, 2.05) is 6.26 Å². The van der Waals surface area contributed by atoms with Crippen LogP contribution >= 0.6 is 11.8 Å². The molecule has 0 bridgehead atoms. The first kappa shape index (κ1) is 17.2. The number of anilines is 1. The van der Waals surface area contributed by atoms with Crippen molar-refractivity contribution in [2.75, 3.05) is 30.5 Å². The van der Waals surface area contributed by atoms with Crippen molar-refractivity contribution in [2.45, 2.75) is 6.92 Å². The fraction of sp³-hybridized carbons (Fsp3) is 0.429. The molecule has 0 radical (unpaired) electrons. The predicted molar refractivity (Wildman–Crippen MR) is 84.1 cm³/mol. The SMILES string of the molecule is CSCC(C)CNC(=O)Nc1cccc(OCC(=O)O)c1. The second-order valence-corrected chi connectivity index (χ2v) is 5.52. The molecule has 0 fully saturated rings. The Morgan fingerprint density at radius 2 is 2.19 bits per heavy atom. The molecule has 0 saturated carbocycles. The van der Waals surface area contributed by atoms with Gasteiger partial charge < -0.3 is 20.5 Å². The number of carboxylic acids is 1. The van der Waals surface area contributed by atoms with E-state index in [-0.39, 0.29) is 6.03 Å². The van der Waals surface area contributed by atoms with Crippen LogP contribution in [0.4, 0.5) is 10.5 Å². The van der Waals surface area contributed by atoms with Crippen LogP contribution in [0.1, 0.15) is 6.92 Å². The first-order chi connectivity index (χ1) is 10.0. The van der Waals surface area contributed by atoms with Crippen molar-refractivity contribution in [3.8, 4) is 5.75 Å². The number of carbonyl (C=O) groups is 2. The Hall–Kier alpha value is -1.89. The van der Waals surface area contributed by atoms with Gasteiger partial charge in [-0.3, -0.25) is 0 Å². The lowest BCUT2D eigenvalue weighted by Gasteiger charge is -2.12. The number of nitrogens with one attached hydrogen (secondary N) is 2. The number of hydrogen-bond donors (Lipinski definition) is 3. The first-order valence-corrected chi connectivity index (χ1v) is 7.89. The topological polar surface area (TPSA) is 87.7 Å². The first-order valence-electron chi connectivity index (χ1n) is 6.49. The van der Waals surface area contributed by atoms with Gasteiger partial charge in [0, 0.05) is 18.3 Å². The van der Waals surface area contributed by atoms with E-state index in [4.69, 9.17) is 9.84 Å². The zero-order valence-electron chi connectivity index (χ0n) is 12.1. The number of hydrogen-bond acceptors (Lipinski definition) is 4. The van der Waals surface area contributed by atoms with E-state index < -0.39 is 12.6 Å². The standard InChI is InChI=1S/C14H20N2O4S/c1-10(9-21-2)7-15-14(19)16-11-4-3-5-12(6-11)20-8-13(17)18/h3-6,10H,7-9H2,1-2H3,(H,17,18)(H2,15,16,19). The number of urea groups is 1. The highest BCUT2D eigenvalue weighted by atomic mass is 32.2. The number of rotatable bonds is 8. The van der Waals surface area contributed by atoms with E-state index in [0.29, 0.717) is 23.9 Å². The Balaban J connectivity index is 2.44. The van der Waals surface area contributed by atoms with Crippen molar-refractivity contribution < 1.29 is 19.4 Å². The Bertz CT molecular complexity index is 482. The van der Waals surface area contributed by atoms with Gasteiger partial charge in [-0.15, -0.1) is 0 Å². The average molecular weight is 312 g/mol. The van der Waals surface area contributed by atoms with Crippen LogP contribution in [0.3, 0.4) is 0 Å². The van der Waals surface area contributed by atoms with Crippen molar-refractivity contribution in [1.82, 2.24) is 5.32 Å². The monoisotopic (exact) mass is 312 g/mol. The van der Waals surface area contributed by atoms with Gasteiger partial charge in [0.25, 0.3) is 0 Å². The number of benzene rings is 1. The van der Waals surface area contributed by atoms with Gasteiger partial charge in [0.2, 0.25) is 0 Å². The summed E-state index contributed by atoms with van der Waals surface area (Å²) >= 11 is 1.74. The molecule has 0 aliphatic heterocycles. The molecule has 0 aliphatic rings. The van der Waals surface area contributed by atoms with Gasteiger partial charge in [-0.2, -0.15) is 11.8 Å². The second-order valence-electron chi connectivity index (χ2n) is 4.61. The number of amides is 2. The van der Waals surface area contributed by atoms with Crippen LogP contribution in [0.2, 0.25) is 0 Å². The van der Waals surface area contributed by atoms with Crippen molar-refractivity contribution in [2.24, 2.45) is 5.92 Å². The Labute approximate surface area is 128 Å². The molecule has 0 aliphatic carbocycles. The van der Waals surface area contributed by atoms with Crippen molar-refractivity contribution in [1.29, 1.82) is 0 Å². The molecule has 1 unspecified atom stereocenters. The smallest absolute Gasteiger partial charge is 0.341 e. The summed E-state index contributed by atoms with van der Waals surface area (Å²) < 4.78 is 5.05. The third-order valence-electron chi connectivity index (χ3n) is 2.52. The summed E-state index contributed by atoms with van der Waals surface area (Å²) in [6.45, 7) is 2.25. The molecular formula is C14H20N2O4S. The lowest BCUT2D eigenvalue weighted by Crippen LogP contribution is -2.32. The molecule has 2 amide bonds. The lowest BCUT2D eigenvalue weighted by molar-refractivity contribution is -0.139. The van der Waals surface area contributed by atoms with Crippen LogP contribution in [-0.2, 0) is 4.79 Å². The largest absolute Gasteiger partial charge is 0.482 e. The third-order valence-corrected chi connectivity index (χ3v) is 3.42. The molecule has 6 nitrogen and oxygen atoms in total. The normalized spacial score (nSPS) is 11.5. The number of aliphatic carboxylic acids is 1. The van der Waals surface area contributed by atoms with Gasteiger partial charge in [0.05, 0.1) is 0 Å². The molecule has 116 valence electrons. The molecule has 1 rings (SSSR count). The van der Waals surface area contributed by atoms with Crippen molar-refractivity contribution in [3.05, 3.63) is 24.3 Å². The van der Waals surface area contributed by atoms with E-state index in [1.54, 1.807) is 36.0 Å². The van der Waals surface area contributed by atoms with E-state index in [2.05, 4.69) is 17.6 Å². The van der Waals surface area contributed by atoms with Gasteiger partial charge >= 0.3 is 12.0 Å². The Kier molecular flexibility index (Phi) is 7.45. The maximum atomic E-state index is 11.7. The summed E-state index contributed by atoms with van der Waals surface area (Å²) in [6.07, 6.45) is 2.03. The van der Waals surface area contributed by atoms with Crippen LogP contribution in [0.25, 0.3) is 0 Å². The van der Waals surface area contributed by atoms with E-state index in [1.165, 1.54) is 0 Å². The molecule has 0 saturated heterocycles. The summed E-state index contributed by atoms with van der Waals surface area (Å²) in [5.41, 5.74) is 0.549. The molecule has 21 heavy (non-hydrogen) atoms. The van der Waals surface area contributed by atoms with Crippen LogP contribution in [0, 0.1) is 5.92 Å². The quantitative estimate of drug-likeness (QED) is 0.685. The van der Waals surface area contributed by atoms with E-state index in [9.17, 15) is 9.59 Å². The summed E-state index contributed by atoms with van der Waals surface area (Å²) in [7, 11) is 0. The molecule has 1 atom stereocenters. The minimum atomic E-state index is -1.05. The molecule has 1 aromatic carbocycles. The number of carbonyl (C=O) groups excluding carboxylic acids is 1. The fourth-order valence-electron chi connectivity index (χ4n) is 1.59. The van der Waals surface area contributed by atoms with Gasteiger partial charge in [-0.1, -0.05) is 13.0 Å². The maximum absolute atomic E-state index is 11.7. The molecule has 0 aromatic heterocycles. The minimum Gasteiger partial charge on any atom is -0.482 e. The van der Waals surface area contributed by atoms with Gasteiger partial charge in [0.15, 0.2) is 6.61 Å². The Morgan fingerprint density at radius 3 is 2.86 bits per heavy atom. The number of carboxylic acid groups (broad SMARTS) is 1. The zero-order valence-corrected chi connectivity index (χ0v) is 12.9. The van der Waals surface area contributed by atoms with Crippen LogP contribution in [-0.4, -0.2) is 42.3 Å². The molecule has 3 N–H and O–H groups in total. The van der Waals surface area contributed by atoms with Gasteiger partial charge in [-0.25, -0.2) is 9.59 Å².